The average Bonchev–Trinajstić information content (AvgIpc) is 2.99. The van der Waals surface area contributed by atoms with Gasteiger partial charge in [-0.2, -0.15) is 0 Å². The largest absolute Gasteiger partial charge is 0.478 e. The fourth-order valence-electron chi connectivity index (χ4n) is 2.04. The molecule has 0 saturated heterocycles. The Morgan fingerprint density at radius 3 is 2.60 bits per heavy atom. The van der Waals surface area contributed by atoms with Crippen LogP contribution in [0.15, 0.2) is 24.3 Å². The van der Waals surface area contributed by atoms with Gasteiger partial charge in [-0.3, -0.25) is 4.79 Å². The molecule has 20 heavy (non-hydrogen) atoms. The summed E-state index contributed by atoms with van der Waals surface area (Å²) in [6.45, 7) is 3.99. The van der Waals surface area contributed by atoms with Crippen LogP contribution in [0.25, 0.3) is 6.08 Å². The van der Waals surface area contributed by atoms with E-state index in [1.54, 1.807) is 6.07 Å². The van der Waals surface area contributed by atoms with E-state index >= 15 is 0 Å². The quantitative estimate of drug-likeness (QED) is 0.832. The highest BCUT2D eigenvalue weighted by Gasteiger charge is 2.50. The van der Waals surface area contributed by atoms with Crippen molar-refractivity contribution in [2.75, 3.05) is 5.32 Å². The highest BCUT2D eigenvalue weighted by atomic mass is 19.1. The number of nitrogens with one attached hydrogen (secondary N) is 1. The van der Waals surface area contributed by atoms with E-state index in [9.17, 15) is 14.0 Å². The summed E-state index contributed by atoms with van der Waals surface area (Å²) in [6.07, 6.45) is 3.03. The van der Waals surface area contributed by atoms with Gasteiger partial charge in [0.05, 0.1) is 5.69 Å². The van der Waals surface area contributed by atoms with E-state index in [-0.39, 0.29) is 22.9 Å². The topological polar surface area (TPSA) is 66.4 Å². The van der Waals surface area contributed by atoms with Crippen molar-refractivity contribution < 1.29 is 19.1 Å². The van der Waals surface area contributed by atoms with Gasteiger partial charge in [0.1, 0.15) is 5.82 Å². The van der Waals surface area contributed by atoms with Gasteiger partial charge in [-0.1, -0.05) is 19.9 Å². The lowest BCUT2D eigenvalue weighted by molar-refractivity contribution is -0.131. The summed E-state index contributed by atoms with van der Waals surface area (Å²) in [6, 6.07) is 4.17. The summed E-state index contributed by atoms with van der Waals surface area (Å²) < 4.78 is 13.8. The molecule has 2 N–H and O–H groups in total. The van der Waals surface area contributed by atoms with Crippen LogP contribution in [-0.2, 0) is 9.59 Å². The van der Waals surface area contributed by atoms with Crippen LogP contribution in [0.1, 0.15) is 25.8 Å². The molecule has 0 aliphatic heterocycles. The van der Waals surface area contributed by atoms with Gasteiger partial charge in [0.25, 0.3) is 0 Å². The standard InChI is InChI=1S/C15H16FNO3/c1-15(2)8-10(15)14(20)17-12-5-3-9(7-11(12)16)4-6-13(18)19/h3-7,10H,8H2,1-2H3,(H,17,20)(H,18,19)/b6-4+. The molecule has 2 rings (SSSR count). The second-order valence-corrected chi connectivity index (χ2v) is 5.65. The van der Waals surface area contributed by atoms with E-state index in [0.29, 0.717) is 5.56 Å². The Morgan fingerprint density at radius 2 is 2.10 bits per heavy atom. The molecule has 1 aliphatic carbocycles. The molecule has 106 valence electrons. The van der Waals surface area contributed by atoms with E-state index in [4.69, 9.17) is 5.11 Å². The molecule has 0 aromatic heterocycles. The Balaban J connectivity index is 2.07. The van der Waals surface area contributed by atoms with Crippen molar-refractivity contribution >= 4 is 23.6 Å². The van der Waals surface area contributed by atoms with Crippen molar-refractivity contribution in [1.82, 2.24) is 0 Å². The predicted molar refractivity (Wildman–Crippen MR) is 73.6 cm³/mol. The molecule has 5 heteroatoms. The van der Waals surface area contributed by atoms with Crippen LogP contribution in [0, 0.1) is 17.2 Å². The molecule has 1 aliphatic rings. The molecular formula is C15H16FNO3. The first-order chi connectivity index (χ1) is 9.29. The molecule has 1 amide bonds. The molecule has 0 bridgehead atoms. The summed E-state index contributed by atoms with van der Waals surface area (Å²) >= 11 is 0. The van der Waals surface area contributed by atoms with Crippen LogP contribution in [0.4, 0.5) is 10.1 Å². The number of amides is 1. The van der Waals surface area contributed by atoms with E-state index < -0.39 is 11.8 Å². The maximum Gasteiger partial charge on any atom is 0.328 e. The average molecular weight is 277 g/mol. The summed E-state index contributed by atoms with van der Waals surface area (Å²) in [4.78, 5) is 22.2. The number of aliphatic carboxylic acids is 1. The van der Waals surface area contributed by atoms with E-state index in [0.717, 1.165) is 12.5 Å². The minimum atomic E-state index is -1.10. The van der Waals surface area contributed by atoms with Crippen LogP contribution in [0.5, 0.6) is 0 Å². The van der Waals surface area contributed by atoms with E-state index in [2.05, 4.69) is 5.32 Å². The number of benzene rings is 1. The third kappa shape index (κ3) is 3.23. The Morgan fingerprint density at radius 1 is 1.45 bits per heavy atom. The number of rotatable bonds is 4. The monoisotopic (exact) mass is 277 g/mol. The van der Waals surface area contributed by atoms with E-state index in [1.165, 1.54) is 18.2 Å². The summed E-state index contributed by atoms with van der Waals surface area (Å²) in [7, 11) is 0. The van der Waals surface area contributed by atoms with Gasteiger partial charge in [0.15, 0.2) is 0 Å². The normalized spacial score (nSPS) is 19.9. The number of anilines is 1. The van der Waals surface area contributed by atoms with Gasteiger partial charge < -0.3 is 10.4 Å². The van der Waals surface area contributed by atoms with Crippen molar-refractivity contribution in [1.29, 1.82) is 0 Å². The highest BCUT2D eigenvalue weighted by molar-refractivity contribution is 5.95. The minimum absolute atomic E-state index is 0.00920. The zero-order valence-corrected chi connectivity index (χ0v) is 11.3. The van der Waals surface area contributed by atoms with Crippen LogP contribution in [0.3, 0.4) is 0 Å². The van der Waals surface area contributed by atoms with Crippen LogP contribution < -0.4 is 5.32 Å². The lowest BCUT2D eigenvalue weighted by Crippen LogP contribution is -2.17. The van der Waals surface area contributed by atoms with Crippen LogP contribution in [0.2, 0.25) is 0 Å². The number of halogens is 1. The van der Waals surface area contributed by atoms with Gasteiger partial charge in [-0.25, -0.2) is 9.18 Å². The molecule has 0 heterocycles. The summed E-state index contributed by atoms with van der Waals surface area (Å²) in [5.41, 5.74) is 0.532. The molecule has 4 nitrogen and oxygen atoms in total. The molecule has 1 fully saturated rings. The number of carboxylic acids is 1. The Bertz CT molecular complexity index is 593. The molecule has 1 aromatic rings. The number of hydrogen-bond donors (Lipinski definition) is 2. The van der Waals surface area contributed by atoms with Crippen molar-refractivity contribution in [3.63, 3.8) is 0 Å². The second kappa shape index (κ2) is 5.07. The Labute approximate surface area is 116 Å². The van der Waals surface area contributed by atoms with Crippen LogP contribution in [-0.4, -0.2) is 17.0 Å². The molecule has 1 aromatic carbocycles. The summed E-state index contributed by atoms with van der Waals surface area (Å²) in [5.74, 6) is -1.93. The molecule has 0 spiro atoms. The molecule has 1 unspecified atom stereocenters. The highest BCUT2D eigenvalue weighted by Crippen LogP contribution is 2.52. The summed E-state index contributed by atoms with van der Waals surface area (Å²) in [5, 5.41) is 11.1. The van der Waals surface area contributed by atoms with Gasteiger partial charge in [-0.05, 0) is 35.6 Å². The lowest BCUT2D eigenvalue weighted by atomic mass is 10.1. The molecule has 0 radical (unpaired) electrons. The van der Waals surface area contributed by atoms with E-state index in [1.807, 2.05) is 13.8 Å². The maximum absolute atomic E-state index is 13.8. The SMILES string of the molecule is CC1(C)CC1C(=O)Nc1ccc(/C=C/C(=O)O)cc1F. The Hall–Kier alpha value is -2.17. The number of carbonyl (C=O) groups is 2. The number of hydrogen-bond acceptors (Lipinski definition) is 2. The van der Waals surface area contributed by atoms with Crippen molar-refractivity contribution in [2.24, 2.45) is 11.3 Å². The van der Waals surface area contributed by atoms with Crippen molar-refractivity contribution in [3.05, 3.63) is 35.7 Å². The van der Waals surface area contributed by atoms with Crippen molar-refractivity contribution in [3.8, 4) is 0 Å². The molecule has 1 saturated carbocycles. The first kappa shape index (κ1) is 14.2. The second-order valence-electron chi connectivity index (χ2n) is 5.65. The van der Waals surface area contributed by atoms with Crippen molar-refractivity contribution in [2.45, 2.75) is 20.3 Å². The third-order valence-corrected chi connectivity index (χ3v) is 3.50. The smallest absolute Gasteiger partial charge is 0.328 e. The zero-order valence-electron chi connectivity index (χ0n) is 11.3. The lowest BCUT2D eigenvalue weighted by Gasteiger charge is -2.08. The van der Waals surface area contributed by atoms with Gasteiger partial charge in [-0.15, -0.1) is 0 Å². The predicted octanol–water partition coefficient (Wildman–Crippen LogP) is 2.91. The third-order valence-electron chi connectivity index (χ3n) is 3.50. The van der Waals surface area contributed by atoms with Gasteiger partial charge in [0.2, 0.25) is 5.91 Å². The number of carboxylic acid groups (broad SMARTS) is 1. The first-order valence-electron chi connectivity index (χ1n) is 6.31. The number of carbonyl (C=O) groups excluding carboxylic acids is 1. The minimum Gasteiger partial charge on any atom is -0.478 e. The first-order valence-corrected chi connectivity index (χ1v) is 6.31. The maximum atomic E-state index is 13.8. The van der Waals surface area contributed by atoms with Crippen LogP contribution >= 0.6 is 0 Å². The molecular weight excluding hydrogens is 261 g/mol. The Kier molecular flexibility index (Phi) is 3.61. The zero-order chi connectivity index (χ0) is 14.9. The van der Waals surface area contributed by atoms with Gasteiger partial charge >= 0.3 is 5.97 Å². The fourth-order valence-corrected chi connectivity index (χ4v) is 2.04. The molecule has 1 atom stereocenters. The fraction of sp³-hybridized carbons (Fsp3) is 0.333. The van der Waals surface area contributed by atoms with Gasteiger partial charge in [0, 0.05) is 12.0 Å².